The summed E-state index contributed by atoms with van der Waals surface area (Å²) in [6.07, 6.45) is 1.45. The van der Waals surface area contributed by atoms with Crippen LogP contribution in [0.5, 0.6) is 0 Å². The molecule has 1 heterocycles. The summed E-state index contributed by atoms with van der Waals surface area (Å²) in [6.45, 7) is 0. The van der Waals surface area contributed by atoms with Crippen LogP contribution in [0.25, 0.3) is 0 Å². The summed E-state index contributed by atoms with van der Waals surface area (Å²) in [7, 11) is 0. The zero-order chi connectivity index (χ0) is 14.4. The molecule has 2 rings (SSSR count). The van der Waals surface area contributed by atoms with Gasteiger partial charge in [0.15, 0.2) is 5.78 Å². The first-order valence-corrected chi connectivity index (χ1v) is 6.13. The molecule has 0 fully saturated rings. The third kappa shape index (κ3) is 3.12. The molecule has 0 aliphatic heterocycles. The highest BCUT2D eigenvalue weighted by atomic mass is 16.2. The first-order valence-electron chi connectivity index (χ1n) is 6.13. The molecule has 5 nitrogen and oxygen atoms in total. The topological polar surface area (TPSA) is 85.8 Å². The number of Topliss-reactive ketones (excluding diaryl/α,β-unsaturated/α-hetero) is 1. The van der Waals surface area contributed by atoms with E-state index in [1.165, 1.54) is 0 Å². The van der Waals surface area contributed by atoms with Gasteiger partial charge in [-0.15, -0.1) is 0 Å². The monoisotopic (exact) mass is 267 g/mol. The third-order valence-corrected chi connectivity index (χ3v) is 2.83. The number of benzene rings is 1. The molecule has 0 saturated carbocycles. The summed E-state index contributed by atoms with van der Waals surface area (Å²) in [6, 6.07) is 14.0. The van der Waals surface area contributed by atoms with Crippen molar-refractivity contribution in [1.29, 1.82) is 5.26 Å². The average molecular weight is 267 g/mol. The molecule has 1 amide bonds. The number of para-hydroxylation sites is 1. The highest BCUT2D eigenvalue weighted by molar-refractivity contribution is 6.13. The van der Waals surface area contributed by atoms with Crippen LogP contribution in [-0.2, 0) is 4.79 Å². The predicted molar refractivity (Wildman–Crippen MR) is 73.9 cm³/mol. The molecular formula is C15H13N3O2. The van der Waals surface area contributed by atoms with E-state index in [4.69, 9.17) is 5.26 Å². The van der Waals surface area contributed by atoms with Gasteiger partial charge in [-0.25, -0.2) is 0 Å². The lowest BCUT2D eigenvalue weighted by Gasteiger charge is -2.12. The van der Waals surface area contributed by atoms with Crippen molar-refractivity contribution in [2.24, 2.45) is 5.92 Å². The van der Waals surface area contributed by atoms with Crippen LogP contribution >= 0.6 is 0 Å². The average Bonchev–Trinajstić information content (AvgIpc) is 2.99. The third-order valence-electron chi connectivity index (χ3n) is 2.83. The first kappa shape index (κ1) is 13.6. The van der Waals surface area contributed by atoms with Gasteiger partial charge in [0.05, 0.1) is 18.2 Å². The van der Waals surface area contributed by atoms with E-state index in [1.807, 2.05) is 12.1 Å². The fourth-order valence-electron chi connectivity index (χ4n) is 1.82. The summed E-state index contributed by atoms with van der Waals surface area (Å²) in [4.78, 5) is 27.1. The zero-order valence-electron chi connectivity index (χ0n) is 10.7. The molecule has 1 aromatic heterocycles. The number of nitrogens with one attached hydrogen (secondary N) is 2. The molecule has 20 heavy (non-hydrogen) atoms. The number of hydrogen-bond donors (Lipinski definition) is 2. The fourth-order valence-corrected chi connectivity index (χ4v) is 1.82. The maximum Gasteiger partial charge on any atom is 0.236 e. The summed E-state index contributed by atoms with van der Waals surface area (Å²) in [5, 5.41) is 11.5. The van der Waals surface area contributed by atoms with Crippen LogP contribution in [0, 0.1) is 17.2 Å². The highest BCUT2D eigenvalue weighted by Gasteiger charge is 2.28. The fraction of sp³-hybridized carbons (Fsp3) is 0.133. The van der Waals surface area contributed by atoms with Gasteiger partial charge in [0.2, 0.25) is 5.91 Å². The minimum absolute atomic E-state index is 0.156. The number of anilines is 1. The van der Waals surface area contributed by atoms with Crippen molar-refractivity contribution >= 4 is 17.4 Å². The van der Waals surface area contributed by atoms with Gasteiger partial charge in [-0.05, 0) is 24.3 Å². The Kier molecular flexibility index (Phi) is 4.30. The molecule has 2 aromatic rings. The SMILES string of the molecule is N#CCC(C(=O)Nc1ccccc1)C(=O)c1ccc[nH]1. The Morgan fingerprint density at radius 3 is 2.55 bits per heavy atom. The standard InChI is InChI=1S/C15H13N3O2/c16-9-8-12(14(19)13-7-4-10-17-13)15(20)18-11-5-2-1-3-6-11/h1-7,10,12,17H,8H2,(H,18,20). The van der Waals surface area contributed by atoms with Gasteiger partial charge in [-0.2, -0.15) is 5.26 Å². The second kappa shape index (κ2) is 6.34. The zero-order valence-corrected chi connectivity index (χ0v) is 10.7. The Morgan fingerprint density at radius 2 is 1.95 bits per heavy atom. The van der Waals surface area contributed by atoms with E-state index < -0.39 is 11.8 Å². The number of aromatic amines is 1. The molecule has 5 heteroatoms. The quantitative estimate of drug-likeness (QED) is 0.644. The van der Waals surface area contributed by atoms with E-state index in [0.29, 0.717) is 11.4 Å². The normalized spacial score (nSPS) is 11.3. The lowest BCUT2D eigenvalue weighted by molar-refractivity contribution is -0.118. The Morgan fingerprint density at radius 1 is 1.20 bits per heavy atom. The smallest absolute Gasteiger partial charge is 0.236 e. The molecule has 0 radical (unpaired) electrons. The van der Waals surface area contributed by atoms with Crippen LogP contribution in [0.1, 0.15) is 16.9 Å². The number of nitrogens with zero attached hydrogens (tertiary/aromatic N) is 1. The van der Waals surface area contributed by atoms with Crippen molar-refractivity contribution in [3.63, 3.8) is 0 Å². The lowest BCUT2D eigenvalue weighted by atomic mass is 9.97. The van der Waals surface area contributed by atoms with E-state index in [9.17, 15) is 9.59 Å². The van der Waals surface area contributed by atoms with Crippen LogP contribution in [0.15, 0.2) is 48.7 Å². The number of H-pyrrole nitrogens is 1. The molecule has 1 unspecified atom stereocenters. The van der Waals surface area contributed by atoms with Crippen molar-refractivity contribution in [2.75, 3.05) is 5.32 Å². The van der Waals surface area contributed by atoms with Gasteiger partial charge < -0.3 is 10.3 Å². The Labute approximate surface area is 116 Å². The summed E-state index contributed by atoms with van der Waals surface area (Å²) >= 11 is 0. The molecule has 1 atom stereocenters. The van der Waals surface area contributed by atoms with Crippen LogP contribution < -0.4 is 5.32 Å². The molecule has 0 bridgehead atoms. The van der Waals surface area contributed by atoms with Gasteiger partial charge in [0.1, 0.15) is 5.92 Å². The second-order valence-electron chi connectivity index (χ2n) is 4.22. The number of carbonyl (C=O) groups excluding carboxylic acids is 2. The van der Waals surface area contributed by atoms with E-state index in [0.717, 1.165) is 0 Å². The number of hydrogen-bond acceptors (Lipinski definition) is 3. The Balaban J connectivity index is 2.14. The Bertz CT molecular complexity index is 627. The van der Waals surface area contributed by atoms with Gasteiger partial charge in [-0.1, -0.05) is 18.2 Å². The molecule has 0 aliphatic carbocycles. The summed E-state index contributed by atoms with van der Waals surface area (Å²) in [5.74, 6) is -1.87. The minimum atomic E-state index is -1.01. The van der Waals surface area contributed by atoms with Crippen LogP contribution in [0.2, 0.25) is 0 Å². The minimum Gasteiger partial charge on any atom is -0.359 e. The molecule has 1 aromatic carbocycles. The maximum atomic E-state index is 12.2. The van der Waals surface area contributed by atoms with Crippen molar-refractivity contribution in [2.45, 2.75) is 6.42 Å². The van der Waals surface area contributed by atoms with E-state index in [-0.39, 0.29) is 12.2 Å². The number of aromatic nitrogens is 1. The van der Waals surface area contributed by atoms with Gasteiger partial charge in [0, 0.05) is 11.9 Å². The van der Waals surface area contributed by atoms with Crippen LogP contribution in [-0.4, -0.2) is 16.7 Å². The molecule has 100 valence electrons. The predicted octanol–water partition coefficient (Wildman–Crippen LogP) is 2.37. The Hall–Kier alpha value is -2.87. The summed E-state index contributed by atoms with van der Waals surface area (Å²) < 4.78 is 0. The number of rotatable bonds is 5. The van der Waals surface area contributed by atoms with Crippen LogP contribution in [0.4, 0.5) is 5.69 Å². The first-order chi connectivity index (χ1) is 9.72. The van der Waals surface area contributed by atoms with Crippen molar-refractivity contribution in [3.8, 4) is 6.07 Å². The molecule has 0 saturated heterocycles. The molecule has 2 N–H and O–H groups in total. The van der Waals surface area contributed by atoms with Crippen molar-refractivity contribution in [3.05, 3.63) is 54.4 Å². The summed E-state index contributed by atoms with van der Waals surface area (Å²) in [5.41, 5.74) is 0.924. The number of amides is 1. The highest BCUT2D eigenvalue weighted by Crippen LogP contribution is 2.14. The number of nitriles is 1. The molecular weight excluding hydrogens is 254 g/mol. The van der Waals surface area contributed by atoms with Crippen molar-refractivity contribution in [1.82, 2.24) is 4.98 Å². The van der Waals surface area contributed by atoms with Crippen molar-refractivity contribution < 1.29 is 9.59 Å². The molecule has 0 aliphatic rings. The molecule has 0 spiro atoms. The van der Waals surface area contributed by atoms with E-state index >= 15 is 0 Å². The van der Waals surface area contributed by atoms with Gasteiger partial charge >= 0.3 is 0 Å². The van der Waals surface area contributed by atoms with E-state index in [1.54, 1.807) is 42.6 Å². The van der Waals surface area contributed by atoms with E-state index in [2.05, 4.69) is 10.3 Å². The van der Waals surface area contributed by atoms with Gasteiger partial charge in [-0.3, -0.25) is 9.59 Å². The van der Waals surface area contributed by atoms with Crippen LogP contribution in [0.3, 0.4) is 0 Å². The second-order valence-corrected chi connectivity index (χ2v) is 4.22. The van der Waals surface area contributed by atoms with Gasteiger partial charge in [0.25, 0.3) is 0 Å². The lowest BCUT2D eigenvalue weighted by Crippen LogP contribution is -2.29. The number of carbonyl (C=O) groups is 2. The largest absolute Gasteiger partial charge is 0.359 e. The number of ketones is 1. The maximum absolute atomic E-state index is 12.2.